The van der Waals surface area contributed by atoms with Crippen molar-refractivity contribution in [1.82, 2.24) is 20.1 Å². The van der Waals surface area contributed by atoms with E-state index in [4.69, 9.17) is 4.74 Å². The van der Waals surface area contributed by atoms with Crippen molar-refractivity contribution in [3.8, 4) is 0 Å². The van der Waals surface area contributed by atoms with Gasteiger partial charge in [0.05, 0.1) is 17.9 Å². The molecule has 0 saturated carbocycles. The number of nitrogens with one attached hydrogen (secondary N) is 2. The Hall–Kier alpha value is -3.53. The summed E-state index contributed by atoms with van der Waals surface area (Å²) in [5, 5.41) is 16.3. The van der Waals surface area contributed by atoms with Crippen molar-refractivity contribution in [3.63, 3.8) is 0 Å². The van der Waals surface area contributed by atoms with Crippen LogP contribution in [-0.2, 0) is 32.0 Å². The van der Waals surface area contributed by atoms with Gasteiger partial charge in [0.1, 0.15) is 0 Å². The lowest BCUT2D eigenvalue weighted by molar-refractivity contribution is -0.265. The largest absolute Gasteiger partial charge is 0.363 e. The third-order valence-corrected chi connectivity index (χ3v) is 10.3. The Labute approximate surface area is 245 Å². The number of H-pyrrole nitrogens is 1. The van der Waals surface area contributed by atoms with Gasteiger partial charge in [-0.3, -0.25) is 14.4 Å². The summed E-state index contributed by atoms with van der Waals surface area (Å²) in [6.45, 7) is 2.60. The van der Waals surface area contributed by atoms with Gasteiger partial charge in [-0.25, -0.2) is 0 Å². The van der Waals surface area contributed by atoms with E-state index in [9.17, 15) is 19.5 Å². The van der Waals surface area contributed by atoms with Crippen molar-refractivity contribution in [1.29, 1.82) is 0 Å². The number of aromatic nitrogens is 1. The zero-order chi connectivity index (χ0) is 29.2. The molecule has 3 aromatic rings. The third kappa shape index (κ3) is 4.20. The second-order valence-electron chi connectivity index (χ2n) is 12.8. The molecule has 9 heteroatoms. The van der Waals surface area contributed by atoms with Crippen molar-refractivity contribution in [2.24, 2.45) is 11.8 Å². The number of carbonyl (C=O) groups excluding carboxylic acids is 3. The number of piperidine rings is 1. The molecule has 0 bridgehead atoms. The van der Waals surface area contributed by atoms with E-state index in [2.05, 4.69) is 46.6 Å². The number of hydrogen-bond donors (Lipinski definition) is 3. The second kappa shape index (κ2) is 10.0. The average molecular weight is 571 g/mol. The highest BCUT2D eigenvalue weighted by atomic mass is 16.7. The Morgan fingerprint density at radius 3 is 2.81 bits per heavy atom. The Kier molecular flexibility index (Phi) is 6.53. The molecule has 2 aromatic carbocycles. The Balaban J connectivity index is 1.16. The lowest BCUT2D eigenvalue weighted by atomic mass is 9.72. The van der Waals surface area contributed by atoms with Crippen LogP contribution in [0.1, 0.15) is 48.8 Å². The number of likely N-dealkylation sites (tertiary alicyclic amines) is 2. The summed E-state index contributed by atoms with van der Waals surface area (Å²) >= 11 is 0. The number of benzene rings is 2. The van der Waals surface area contributed by atoms with Crippen molar-refractivity contribution in [2.45, 2.75) is 68.5 Å². The molecule has 3 saturated heterocycles. The van der Waals surface area contributed by atoms with Crippen LogP contribution in [0.15, 0.2) is 54.7 Å². The van der Waals surface area contributed by atoms with Crippen LogP contribution >= 0.6 is 0 Å². The highest BCUT2D eigenvalue weighted by molar-refractivity contribution is 5.96. The van der Waals surface area contributed by atoms with Crippen LogP contribution in [-0.4, -0.2) is 81.7 Å². The highest BCUT2D eigenvalue weighted by Gasteiger charge is 2.65. The van der Waals surface area contributed by atoms with Gasteiger partial charge in [-0.2, -0.15) is 0 Å². The maximum Gasteiger partial charge on any atom is 0.226 e. The van der Waals surface area contributed by atoms with Crippen LogP contribution in [0.4, 0.5) is 0 Å². The summed E-state index contributed by atoms with van der Waals surface area (Å²) in [6.07, 6.45) is 5.86. The highest BCUT2D eigenvalue weighted by Crippen LogP contribution is 2.47. The fourth-order valence-corrected chi connectivity index (χ4v) is 8.27. The average Bonchev–Trinajstić information content (AvgIpc) is 3.68. The van der Waals surface area contributed by atoms with Gasteiger partial charge in [-0.15, -0.1) is 0 Å². The normalized spacial score (nSPS) is 34.5. The summed E-state index contributed by atoms with van der Waals surface area (Å²) in [5.74, 6) is -3.69. The van der Waals surface area contributed by atoms with Gasteiger partial charge in [0.15, 0.2) is 11.6 Å². The van der Waals surface area contributed by atoms with Crippen molar-refractivity contribution < 1.29 is 24.2 Å². The fraction of sp³-hybridized carbons (Fsp3) is 0.485. The molecule has 3 aliphatic heterocycles. The summed E-state index contributed by atoms with van der Waals surface area (Å²) in [7, 11) is 2.07. The molecule has 3 N–H and O–H groups in total. The minimum absolute atomic E-state index is 0.182. The Morgan fingerprint density at radius 2 is 2.02 bits per heavy atom. The van der Waals surface area contributed by atoms with Crippen LogP contribution < -0.4 is 5.32 Å². The zero-order valence-electron chi connectivity index (χ0n) is 24.1. The summed E-state index contributed by atoms with van der Waals surface area (Å²) in [6, 6.07) is 15.4. The first-order valence-electron chi connectivity index (χ1n) is 15.0. The number of fused-ring (bicyclic) bond motifs is 2. The summed E-state index contributed by atoms with van der Waals surface area (Å²) in [5.41, 5.74) is 2.84. The molecule has 4 heterocycles. The van der Waals surface area contributed by atoms with Crippen molar-refractivity contribution in [3.05, 3.63) is 71.4 Å². The molecular weight excluding hydrogens is 532 g/mol. The zero-order valence-corrected chi connectivity index (χ0v) is 24.1. The number of amides is 2. The van der Waals surface area contributed by atoms with E-state index in [-0.39, 0.29) is 29.9 Å². The van der Waals surface area contributed by atoms with Gasteiger partial charge < -0.3 is 29.9 Å². The number of ether oxygens (including phenoxy) is 1. The van der Waals surface area contributed by atoms with E-state index in [1.165, 1.54) is 21.4 Å². The molecule has 7 atom stereocenters. The fourth-order valence-electron chi connectivity index (χ4n) is 8.27. The first-order valence-corrected chi connectivity index (χ1v) is 15.0. The third-order valence-electron chi connectivity index (χ3n) is 10.3. The van der Waals surface area contributed by atoms with E-state index in [1.807, 2.05) is 30.3 Å². The van der Waals surface area contributed by atoms with Gasteiger partial charge in [0.2, 0.25) is 18.0 Å². The minimum Gasteiger partial charge on any atom is -0.363 e. The second-order valence-corrected chi connectivity index (χ2v) is 12.8. The molecule has 9 nitrogen and oxygen atoms in total. The van der Waals surface area contributed by atoms with Gasteiger partial charge >= 0.3 is 0 Å². The molecule has 220 valence electrons. The molecule has 2 unspecified atom stereocenters. The van der Waals surface area contributed by atoms with Crippen LogP contribution in [0, 0.1) is 11.8 Å². The topological polar surface area (TPSA) is 115 Å². The minimum atomic E-state index is -1.93. The molecule has 42 heavy (non-hydrogen) atoms. The number of ketones is 1. The predicted octanol–water partition coefficient (Wildman–Crippen LogP) is 2.73. The molecule has 0 spiro atoms. The van der Waals surface area contributed by atoms with Crippen LogP contribution in [0.2, 0.25) is 0 Å². The van der Waals surface area contributed by atoms with Crippen molar-refractivity contribution in [2.75, 3.05) is 20.1 Å². The molecular formula is C33H38N4O5. The molecule has 1 aliphatic carbocycles. The molecule has 3 fully saturated rings. The first-order chi connectivity index (χ1) is 20.2. The van der Waals surface area contributed by atoms with E-state index < -0.39 is 23.5 Å². The van der Waals surface area contributed by atoms with E-state index in [1.54, 1.807) is 6.92 Å². The van der Waals surface area contributed by atoms with E-state index in [0.717, 1.165) is 17.5 Å². The molecule has 0 radical (unpaired) electrons. The number of aromatic amines is 1. The van der Waals surface area contributed by atoms with Crippen LogP contribution in [0.3, 0.4) is 0 Å². The SMILES string of the molecule is CN1C[C@H](C(=O)N[C@@]2(C)O[C@@](O)([C@@H]3CCCN3C=O)C(Cc3ccccc3)C2=O)CC2c3cccc4[nH]cc(c34)C[C@H]21. The smallest absolute Gasteiger partial charge is 0.226 e. The van der Waals surface area contributed by atoms with E-state index in [0.29, 0.717) is 44.8 Å². The first kappa shape index (κ1) is 27.3. The number of carbonyl (C=O) groups is 3. The van der Waals surface area contributed by atoms with E-state index >= 15 is 0 Å². The lowest BCUT2D eigenvalue weighted by Gasteiger charge is -2.45. The van der Waals surface area contributed by atoms with Crippen LogP contribution in [0.5, 0.6) is 0 Å². The van der Waals surface area contributed by atoms with Gasteiger partial charge in [-0.1, -0.05) is 42.5 Å². The maximum absolute atomic E-state index is 14.1. The predicted molar refractivity (Wildman–Crippen MR) is 156 cm³/mol. The quantitative estimate of drug-likeness (QED) is 0.393. The number of nitrogens with zero attached hydrogens (tertiary/aromatic N) is 2. The van der Waals surface area contributed by atoms with Gasteiger partial charge in [-0.05, 0) is 68.8 Å². The van der Waals surface area contributed by atoms with Gasteiger partial charge in [0.25, 0.3) is 0 Å². The molecule has 7 rings (SSSR count). The number of Topliss-reactive ketones (excluding diaryl/α,β-unsaturated/α-hetero) is 1. The number of aliphatic hydroxyl groups is 1. The number of rotatable bonds is 6. The Morgan fingerprint density at radius 1 is 1.21 bits per heavy atom. The lowest BCUT2D eigenvalue weighted by Crippen LogP contribution is -2.58. The molecule has 4 aliphatic rings. The number of likely N-dealkylation sites (N-methyl/N-ethyl adjacent to an activating group) is 1. The monoisotopic (exact) mass is 570 g/mol. The number of hydrogen-bond acceptors (Lipinski definition) is 6. The summed E-state index contributed by atoms with van der Waals surface area (Å²) < 4.78 is 6.28. The van der Waals surface area contributed by atoms with Crippen molar-refractivity contribution >= 4 is 29.0 Å². The molecule has 2 amide bonds. The molecule has 1 aromatic heterocycles. The standard InChI is InChI=1S/C33H38N4O5/c1-32(30(39)25(14-20-8-4-3-5-9-20)33(41,42-32)28-12-7-13-37(28)19-38)35-31(40)22-15-24-23-10-6-11-26-29(23)21(17-34-26)16-27(24)36(2)18-22/h3-6,8-11,17,19,22,24-25,27-28,34,41H,7,12-16,18H2,1-2H3,(H,35,40)/t22-,24?,25?,27-,28+,32+,33-/m1/s1. The van der Waals surface area contributed by atoms with Gasteiger partial charge in [0, 0.05) is 42.1 Å². The Bertz CT molecular complexity index is 1540. The summed E-state index contributed by atoms with van der Waals surface area (Å²) in [4.78, 5) is 47.1. The maximum atomic E-state index is 14.1. The van der Waals surface area contributed by atoms with Crippen LogP contribution in [0.25, 0.3) is 10.9 Å².